The van der Waals surface area contributed by atoms with Crippen LogP contribution in [-0.2, 0) is 17.8 Å². The molecule has 3 aromatic rings. The van der Waals surface area contributed by atoms with Gasteiger partial charge in [0.2, 0.25) is 11.9 Å². The van der Waals surface area contributed by atoms with Crippen LogP contribution in [0.1, 0.15) is 37.5 Å². The number of nitro benzene ring substituents is 1. The summed E-state index contributed by atoms with van der Waals surface area (Å²) in [4.78, 5) is 27.9. The van der Waals surface area contributed by atoms with Crippen LogP contribution in [0.2, 0.25) is 0 Å². The zero-order valence-corrected chi connectivity index (χ0v) is 20.4. The Bertz CT molecular complexity index is 1200. The highest BCUT2D eigenvalue weighted by Crippen LogP contribution is 2.32. The first-order valence-electron chi connectivity index (χ1n) is 11.9. The maximum absolute atomic E-state index is 13.2. The molecule has 1 amide bonds. The first-order valence-corrected chi connectivity index (χ1v) is 12.9. The maximum Gasteiger partial charge on any atom is 0.269 e. The van der Waals surface area contributed by atoms with Crippen LogP contribution < -0.4 is 9.80 Å². The lowest BCUT2D eigenvalue weighted by Gasteiger charge is -2.31. The van der Waals surface area contributed by atoms with Crippen molar-refractivity contribution in [1.82, 2.24) is 14.8 Å². The maximum atomic E-state index is 13.2. The van der Waals surface area contributed by atoms with Crippen molar-refractivity contribution < 1.29 is 14.1 Å². The number of amides is 1. The molecule has 0 spiro atoms. The number of non-ortho nitro benzene ring substituents is 1. The van der Waals surface area contributed by atoms with E-state index in [1.165, 1.54) is 17.8 Å². The summed E-state index contributed by atoms with van der Waals surface area (Å²) in [6.07, 6.45) is 5.37. The van der Waals surface area contributed by atoms with Crippen molar-refractivity contribution in [1.29, 1.82) is 0 Å². The molecule has 1 saturated heterocycles. The number of thioether (sulfide) groups is 1. The molecule has 10 nitrogen and oxygen atoms in total. The molecule has 2 aliphatic heterocycles. The molecule has 1 fully saturated rings. The number of hydrogen-bond acceptors (Lipinski definition) is 8. The summed E-state index contributed by atoms with van der Waals surface area (Å²) < 4.78 is 7.61. The fraction of sp³-hybridized carbons (Fsp3) is 0.458. The van der Waals surface area contributed by atoms with Gasteiger partial charge in [0.15, 0.2) is 5.16 Å². The summed E-state index contributed by atoms with van der Waals surface area (Å²) in [5.74, 6) is 2.46. The summed E-state index contributed by atoms with van der Waals surface area (Å²) in [7, 11) is 0. The Morgan fingerprint density at radius 3 is 2.80 bits per heavy atom. The van der Waals surface area contributed by atoms with E-state index in [1.807, 2.05) is 16.7 Å². The number of hydrogen-bond donors (Lipinski definition) is 0. The summed E-state index contributed by atoms with van der Waals surface area (Å²) in [5.41, 5.74) is 1.65. The highest BCUT2D eigenvalue weighted by Gasteiger charge is 2.27. The van der Waals surface area contributed by atoms with Gasteiger partial charge in [0, 0.05) is 37.5 Å². The second kappa shape index (κ2) is 10.1. The van der Waals surface area contributed by atoms with Crippen molar-refractivity contribution in [2.45, 2.75) is 44.3 Å². The first-order chi connectivity index (χ1) is 17.0. The molecule has 0 aliphatic carbocycles. The summed E-state index contributed by atoms with van der Waals surface area (Å²) in [6.45, 7) is 5.22. The van der Waals surface area contributed by atoms with Crippen molar-refractivity contribution in [3.63, 3.8) is 0 Å². The molecule has 0 N–H and O–H groups in total. The molecule has 0 radical (unpaired) electrons. The average molecular weight is 497 g/mol. The Morgan fingerprint density at radius 2 is 2.06 bits per heavy atom. The molecule has 0 bridgehead atoms. The van der Waals surface area contributed by atoms with Crippen LogP contribution in [0.5, 0.6) is 0 Å². The average Bonchev–Trinajstić information content (AvgIpc) is 3.53. The zero-order valence-electron chi connectivity index (χ0n) is 19.6. The van der Waals surface area contributed by atoms with E-state index in [4.69, 9.17) is 4.42 Å². The number of nitro groups is 1. The molecule has 1 aromatic carbocycles. The topological polar surface area (TPSA) is 111 Å². The standard InChI is InChI=1S/C24H28N6O4S/c1-17-8-11-27(12-9-17)23-25-26-24(29(23)15-20-5-3-13-34-20)35-16-22(31)28-10-2-4-18-14-19(30(32)33)6-7-21(18)28/h3,5-7,13-14,17H,2,4,8-12,15-16H2,1H3. The number of rotatable bonds is 7. The number of aryl methyl sites for hydroxylation is 1. The Morgan fingerprint density at radius 1 is 1.23 bits per heavy atom. The molecule has 35 heavy (non-hydrogen) atoms. The molecule has 2 aromatic heterocycles. The highest BCUT2D eigenvalue weighted by molar-refractivity contribution is 7.99. The van der Waals surface area contributed by atoms with Gasteiger partial charge in [0.25, 0.3) is 5.69 Å². The minimum Gasteiger partial charge on any atom is -0.467 e. The van der Waals surface area contributed by atoms with Gasteiger partial charge in [0.05, 0.1) is 23.5 Å². The van der Waals surface area contributed by atoms with Gasteiger partial charge >= 0.3 is 0 Å². The van der Waals surface area contributed by atoms with E-state index in [0.717, 1.165) is 61.7 Å². The monoisotopic (exact) mass is 496 g/mol. The van der Waals surface area contributed by atoms with Gasteiger partial charge in [-0.05, 0) is 55.4 Å². The van der Waals surface area contributed by atoms with Gasteiger partial charge in [0.1, 0.15) is 5.76 Å². The fourth-order valence-electron chi connectivity index (χ4n) is 4.69. The molecule has 4 heterocycles. The van der Waals surface area contributed by atoms with E-state index < -0.39 is 4.92 Å². The van der Waals surface area contributed by atoms with Crippen LogP contribution in [0.25, 0.3) is 0 Å². The molecule has 0 saturated carbocycles. The van der Waals surface area contributed by atoms with Crippen molar-refractivity contribution in [2.75, 3.05) is 35.2 Å². The Hall–Kier alpha value is -3.34. The summed E-state index contributed by atoms with van der Waals surface area (Å²) in [6, 6.07) is 8.50. The minimum absolute atomic E-state index is 0.0503. The van der Waals surface area contributed by atoms with Gasteiger partial charge in [-0.15, -0.1) is 10.2 Å². The molecular formula is C24H28N6O4S. The number of fused-ring (bicyclic) bond motifs is 1. The number of aromatic nitrogens is 3. The van der Waals surface area contributed by atoms with Crippen molar-refractivity contribution in [3.05, 3.63) is 58.0 Å². The number of benzene rings is 1. The van der Waals surface area contributed by atoms with E-state index in [1.54, 1.807) is 23.3 Å². The second-order valence-corrected chi connectivity index (χ2v) is 10.1. The third-order valence-corrected chi connectivity index (χ3v) is 7.63. The number of nitrogens with zero attached hydrogens (tertiary/aromatic N) is 6. The number of piperidine rings is 1. The van der Waals surface area contributed by atoms with E-state index in [9.17, 15) is 14.9 Å². The van der Waals surface area contributed by atoms with E-state index in [2.05, 4.69) is 22.0 Å². The molecule has 2 aliphatic rings. The largest absolute Gasteiger partial charge is 0.467 e. The van der Waals surface area contributed by atoms with Crippen LogP contribution in [-0.4, -0.2) is 51.0 Å². The SMILES string of the molecule is CC1CCN(c2nnc(SCC(=O)N3CCCc4cc([N+](=O)[O-])ccc43)n2Cc2ccco2)CC1. The number of carbonyl (C=O) groups excluding carboxylic acids is 1. The third kappa shape index (κ3) is 5.04. The predicted octanol–water partition coefficient (Wildman–Crippen LogP) is 4.14. The molecule has 5 rings (SSSR count). The lowest BCUT2D eigenvalue weighted by Crippen LogP contribution is -2.36. The normalized spacial score (nSPS) is 16.4. The van der Waals surface area contributed by atoms with Gasteiger partial charge < -0.3 is 14.2 Å². The van der Waals surface area contributed by atoms with E-state index in [0.29, 0.717) is 24.2 Å². The van der Waals surface area contributed by atoms with Crippen LogP contribution in [0, 0.1) is 16.0 Å². The Balaban J connectivity index is 1.33. The molecule has 184 valence electrons. The van der Waals surface area contributed by atoms with Gasteiger partial charge in [-0.3, -0.25) is 19.5 Å². The van der Waals surface area contributed by atoms with Crippen LogP contribution >= 0.6 is 11.8 Å². The van der Waals surface area contributed by atoms with E-state index >= 15 is 0 Å². The number of furan rings is 1. The van der Waals surface area contributed by atoms with Crippen LogP contribution in [0.3, 0.4) is 0 Å². The summed E-state index contributed by atoms with van der Waals surface area (Å²) >= 11 is 1.36. The first kappa shape index (κ1) is 23.4. The van der Waals surface area contributed by atoms with Gasteiger partial charge in [-0.25, -0.2) is 0 Å². The second-order valence-electron chi connectivity index (χ2n) is 9.13. The molecule has 11 heteroatoms. The minimum atomic E-state index is -0.399. The molecular weight excluding hydrogens is 468 g/mol. The van der Waals surface area contributed by atoms with Crippen LogP contribution in [0.4, 0.5) is 17.3 Å². The van der Waals surface area contributed by atoms with E-state index in [-0.39, 0.29) is 17.3 Å². The Labute approximate surface area is 207 Å². The van der Waals surface area contributed by atoms with Crippen molar-refractivity contribution in [3.8, 4) is 0 Å². The van der Waals surface area contributed by atoms with Gasteiger partial charge in [-0.1, -0.05) is 18.7 Å². The lowest BCUT2D eigenvalue weighted by atomic mass is 10.00. The molecule has 0 unspecified atom stereocenters. The predicted molar refractivity (Wildman–Crippen MR) is 133 cm³/mol. The van der Waals surface area contributed by atoms with Crippen molar-refractivity contribution in [2.24, 2.45) is 5.92 Å². The quantitative estimate of drug-likeness (QED) is 0.273. The highest BCUT2D eigenvalue weighted by atomic mass is 32.2. The Kier molecular flexibility index (Phi) is 6.76. The van der Waals surface area contributed by atoms with Crippen molar-refractivity contribution >= 4 is 35.0 Å². The van der Waals surface area contributed by atoms with Crippen LogP contribution in [0.15, 0.2) is 46.2 Å². The zero-order chi connectivity index (χ0) is 24.4. The summed E-state index contributed by atoms with van der Waals surface area (Å²) in [5, 5.41) is 20.7. The number of anilines is 2. The van der Waals surface area contributed by atoms with Gasteiger partial charge in [-0.2, -0.15) is 0 Å². The molecule has 0 atom stereocenters. The lowest BCUT2D eigenvalue weighted by molar-refractivity contribution is -0.384. The third-order valence-electron chi connectivity index (χ3n) is 6.68. The smallest absolute Gasteiger partial charge is 0.269 e. The fourth-order valence-corrected chi connectivity index (χ4v) is 5.50. The number of carbonyl (C=O) groups is 1.